The molecule has 0 bridgehead atoms. The molecule has 1 aromatic carbocycles. The Bertz CT molecular complexity index is 581. The summed E-state index contributed by atoms with van der Waals surface area (Å²) in [6.45, 7) is 0. The standard InChI is InChI=1S/C12H16N2O3S/c1-13-11(7-18(2,16)17)8-3-4-10-9(5-8)6-12(15)14-10/h3-5,11,13H,6-7H2,1-2H3,(H,14,15). The van der Waals surface area contributed by atoms with Crippen molar-refractivity contribution < 1.29 is 13.2 Å². The van der Waals surface area contributed by atoms with Gasteiger partial charge in [-0.25, -0.2) is 8.42 Å². The van der Waals surface area contributed by atoms with E-state index in [0.29, 0.717) is 6.42 Å². The van der Waals surface area contributed by atoms with Crippen LogP contribution in [0.15, 0.2) is 18.2 Å². The third-order valence-corrected chi connectivity index (χ3v) is 3.91. The fourth-order valence-corrected chi connectivity index (χ4v) is 3.08. The predicted octanol–water partition coefficient (Wildman–Crippen LogP) is 0.486. The number of hydrogen-bond donors (Lipinski definition) is 2. The van der Waals surface area contributed by atoms with Crippen LogP contribution in [0, 0.1) is 0 Å². The Labute approximate surface area is 107 Å². The number of benzene rings is 1. The summed E-state index contributed by atoms with van der Waals surface area (Å²) in [5.41, 5.74) is 2.63. The molecule has 2 N–H and O–H groups in total. The van der Waals surface area contributed by atoms with E-state index in [-0.39, 0.29) is 17.7 Å². The van der Waals surface area contributed by atoms with Gasteiger partial charge >= 0.3 is 0 Å². The second-order valence-electron chi connectivity index (χ2n) is 4.58. The minimum Gasteiger partial charge on any atom is -0.326 e. The summed E-state index contributed by atoms with van der Waals surface area (Å²) < 4.78 is 22.7. The molecule has 1 heterocycles. The van der Waals surface area contributed by atoms with Crippen LogP contribution in [0.5, 0.6) is 0 Å². The minimum atomic E-state index is -3.05. The summed E-state index contributed by atoms with van der Waals surface area (Å²) in [4.78, 5) is 11.3. The highest BCUT2D eigenvalue weighted by Crippen LogP contribution is 2.26. The number of carbonyl (C=O) groups is 1. The fourth-order valence-electron chi connectivity index (χ4n) is 2.11. The van der Waals surface area contributed by atoms with Crippen molar-refractivity contribution in [3.63, 3.8) is 0 Å². The Balaban J connectivity index is 2.28. The molecule has 0 aliphatic carbocycles. The summed E-state index contributed by atoms with van der Waals surface area (Å²) in [6, 6.07) is 5.31. The Kier molecular flexibility index (Phi) is 3.41. The number of anilines is 1. The van der Waals surface area contributed by atoms with Gasteiger partial charge in [-0.05, 0) is 24.2 Å². The van der Waals surface area contributed by atoms with Gasteiger partial charge in [0.1, 0.15) is 9.84 Å². The van der Waals surface area contributed by atoms with Gasteiger partial charge in [0.25, 0.3) is 0 Å². The zero-order valence-corrected chi connectivity index (χ0v) is 11.2. The number of carbonyl (C=O) groups excluding carboxylic acids is 1. The number of sulfone groups is 1. The second kappa shape index (κ2) is 4.70. The maximum absolute atomic E-state index is 11.4. The Morgan fingerprint density at radius 2 is 2.17 bits per heavy atom. The van der Waals surface area contributed by atoms with E-state index >= 15 is 0 Å². The molecule has 6 heteroatoms. The van der Waals surface area contributed by atoms with Crippen molar-refractivity contribution >= 4 is 21.4 Å². The quantitative estimate of drug-likeness (QED) is 0.833. The van der Waals surface area contributed by atoms with Gasteiger partial charge < -0.3 is 10.6 Å². The van der Waals surface area contributed by atoms with E-state index < -0.39 is 9.84 Å². The topological polar surface area (TPSA) is 75.3 Å². The van der Waals surface area contributed by atoms with Crippen molar-refractivity contribution in [3.05, 3.63) is 29.3 Å². The summed E-state index contributed by atoms with van der Waals surface area (Å²) >= 11 is 0. The molecule has 1 unspecified atom stereocenters. The molecule has 98 valence electrons. The molecule has 1 aliphatic heterocycles. The lowest BCUT2D eigenvalue weighted by atomic mass is 10.0. The summed E-state index contributed by atoms with van der Waals surface area (Å²) in [7, 11) is -1.32. The minimum absolute atomic E-state index is 0.0220. The lowest BCUT2D eigenvalue weighted by molar-refractivity contribution is -0.115. The molecule has 0 spiro atoms. The molecule has 1 atom stereocenters. The van der Waals surface area contributed by atoms with Crippen LogP contribution in [0.4, 0.5) is 5.69 Å². The number of fused-ring (bicyclic) bond motifs is 1. The van der Waals surface area contributed by atoms with Crippen molar-refractivity contribution in [2.45, 2.75) is 12.5 Å². The van der Waals surface area contributed by atoms with E-state index in [1.165, 1.54) is 6.26 Å². The molecule has 1 amide bonds. The molecule has 0 saturated heterocycles. The van der Waals surface area contributed by atoms with Crippen LogP contribution >= 0.6 is 0 Å². The highest BCUT2D eigenvalue weighted by molar-refractivity contribution is 7.90. The summed E-state index contributed by atoms with van der Waals surface area (Å²) in [6.07, 6.45) is 1.58. The Hall–Kier alpha value is -1.40. The van der Waals surface area contributed by atoms with Gasteiger partial charge in [-0.1, -0.05) is 12.1 Å². The highest BCUT2D eigenvalue weighted by atomic mass is 32.2. The van der Waals surface area contributed by atoms with E-state index in [9.17, 15) is 13.2 Å². The average molecular weight is 268 g/mol. The van der Waals surface area contributed by atoms with E-state index in [1.807, 2.05) is 18.2 Å². The van der Waals surface area contributed by atoms with Gasteiger partial charge in [-0.3, -0.25) is 4.79 Å². The van der Waals surface area contributed by atoms with Gasteiger partial charge in [0, 0.05) is 18.0 Å². The Morgan fingerprint density at radius 3 is 2.78 bits per heavy atom. The van der Waals surface area contributed by atoms with Gasteiger partial charge in [-0.15, -0.1) is 0 Å². The lowest BCUT2D eigenvalue weighted by Gasteiger charge is -2.16. The van der Waals surface area contributed by atoms with E-state index in [4.69, 9.17) is 0 Å². The summed E-state index contributed by atoms with van der Waals surface area (Å²) in [5, 5.41) is 5.74. The first-order chi connectivity index (χ1) is 8.39. The van der Waals surface area contributed by atoms with Crippen LogP contribution in [-0.4, -0.2) is 33.4 Å². The van der Waals surface area contributed by atoms with Crippen LogP contribution in [-0.2, 0) is 21.1 Å². The van der Waals surface area contributed by atoms with Crippen LogP contribution in [0.25, 0.3) is 0 Å². The zero-order valence-electron chi connectivity index (χ0n) is 10.4. The van der Waals surface area contributed by atoms with Crippen molar-refractivity contribution in [2.75, 3.05) is 24.4 Å². The van der Waals surface area contributed by atoms with Crippen molar-refractivity contribution in [1.29, 1.82) is 0 Å². The third-order valence-electron chi connectivity index (χ3n) is 2.97. The summed E-state index contributed by atoms with van der Waals surface area (Å²) in [5.74, 6) is 0.0233. The third kappa shape index (κ3) is 2.88. The van der Waals surface area contributed by atoms with Crippen LogP contribution in [0.2, 0.25) is 0 Å². The molecule has 18 heavy (non-hydrogen) atoms. The first-order valence-electron chi connectivity index (χ1n) is 5.67. The first-order valence-corrected chi connectivity index (χ1v) is 7.73. The SMILES string of the molecule is CNC(CS(C)(=O)=O)c1ccc2c(c1)CC(=O)N2. The number of nitrogens with one attached hydrogen (secondary N) is 2. The lowest BCUT2D eigenvalue weighted by Crippen LogP contribution is -2.24. The molecule has 0 aromatic heterocycles. The van der Waals surface area contributed by atoms with Crippen molar-refractivity contribution in [3.8, 4) is 0 Å². The molecule has 0 radical (unpaired) electrons. The number of hydrogen-bond acceptors (Lipinski definition) is 4. The maximum Gasteiger partial charge on any atom is 0.228 e. The molecule has 1 aromatic rings. The molecular formula is C12H16N2O3S. The fraction of sp³-hybridized carbons (Fsp3) is 0.417. The zero-order chi connectivity index (χ0) is 13.3. The van der Waals surface area contributed by atoms with Gasteiger partial charge in [0.15, 0.2) is 0 Å². The van der Waals surface area contributed by atoms with E-state index in [2.05, 4.69) is 10.6 Å². The molecular weight excluding hydrogens is 252 g/mol. The molecule has 1 aliphatic rings. The Morgan fingerprint density at radius 1 is 1.44 bits per heavy atom. The predicted molar refractivity (Wildman–Crippen MR) is 70.3 cm³/mol. The average Bonchev–Trinajstić information content (AvgIpc) is 2.63. The second-order valence-corrected chi connectivity index (χ2v) is 6.76. The van der Waals surface area contributed by atoms with Gasteiger partial charge in [0.2, 0.25) is 5.91 Å². The van der Waals surface area contributed by atoms with Gasteiger partial charge in [0.05, 0.1) is 12.2 Å². The molecule has 0 fully saturated rings. The van der Waals surface area contributed by atoms with E-state index in [1.54, 1.807) is 7.05 Å². The largest absolute Gasteiger partial charge is 0.326 e. The highest BCUT2D eigenvalue weighted by Gasteiger charge is 2.21. The van der Waals surface area contributed by atoms with E-state index in [0.717, 1.165) is 16.8 Å². The maximum atomic E-state index is 11.4. The van der Waals surface area contributed by atoms with Crippen LogP contribution in [0.1, 0.15) is 17.2 Å². The number of rotatable bonds is 4. The normalized spacial score (nSPS) is 16.2. The van der Waals surface area contributed by atoms with Crippen molar-refractivity contribution in [2.24, 2.45) is 0 Å². The number of amides is 1. The van der Waals surface area contributed by atoms with Crippen molar-refractivity contribution in [1.82, 2.24) is 5.32 Å². The van der Waals surface area contributed by atoms with Gasteiger partial charge in [-0.2, -0.15) is 0 Å². The smallest absolute Gasteiger partial charge is 0.228 e. The molecule has 5 nitrogen and oxygen atoms in total. The molecule has 2 rings (SSSR count). The van der Waals surface area contributed by atoms with Crippen LogP contribution in [0.3, 0.4) is 0 Å². The van der Waals surface area contributed by atoms with Crippen LogP contribution < -0.4 is 10.6 Å². The molecule has 0 saturated carbocycles. The monoisotopic (exact) mass is 268 g/mol. The first kappa shape index (κ1) is 13.0.